The summed E-state index contributed by atoms with van der Waals surface area (Å²) in [4.78, 5) is 23.6. The summed E-state index contributed by atoms with van der Waals surface area (Å²) in [7, 11) is 0. The molecule has 0 aliphatic carbocycles. The maximum atomic E-state index is 11.8. The minimum Gasteiger partial charge on any atom is -0.483 e. The number of ether oxygens (including phenoxy) is 2. The van der Waals surface area contributed by atoms with Crippen molar-refractivity contribution in [1.29, 1.82) is 0 Å². The maximum absolute atomic E-state index is 11.8. The molecule has 0 bridgehead atoms. The number of amides is 2. The Morgan fingerprint density at radius 3 is 2.36 bits per heavy atom. The van der Waals surface area contributed by atoms with Gasteiger partial charge in [-0.25, -0.2) is 0 Å². The summed E-state index contributed by atoms with van der Waals surface area (Å²) in [6.07, 6.45) is 0. The third kappa shape index (κ3) is 7.22. The second-order valence-corrected chi connectivity index (χ2v) is 6.72. The van der Waals surface area contributed by atoms with Gasteiger partial charge in [0.1, 0.15) is 11.5 Å². The van der Waals surface area contributed by atoms with Crippen LogP contribution in [0.1, 0.15) is 5.56 Å². The van der Waals surface area contributed by atoms with Gasteiger partial charge >= 0.3 is 0 Å². The molecule has 148 valence electrons. The van der Waals surface area contributed by atoms with Crippen LogP contribution in [-0.4, -0.2) is 30.1 Å². The molecule has 0 unspecified atom stereocenters. The molecule has 7 nitrogen and oxygen atoms in total. The maximum Gasteiger partial charge on any atom is 0.276 e. The zero-order valence-corrected chi connectivity index (χ0v) is 17.1. The molecule has 0 fully saturated rings. The van der Waals surface area contributed by atoms with Crippen molar-refractivity contribution in [2.45, 2.75) is 6.92 Å². The van der Waals surface area contributed by atoms with Crippen LogP contribution in [0.4, 0.5) is 0 Å². The molecule has 2 rings (SSSR count). The fourth-order valence-corrected chi connectivity index (χ4v) is 2.58. The second-order valence-electron chi connectivity index (χ2n) is 5.47. The number of para-hydroxylation sites is 1. The molecule has 3 N–H and O–H groups in total. The molecule has 2 aromatic carbocycles. The lowest BCUT2D eigenvalue weighted by atomic mass is 10.2. The van der Waals surface area contributed by atoms with Gasteiger partial charge in [0.25, 0.3) is 11.8 Å². The Bertz CT molecular complexity index is 880. The number of hydrazine groups is 1. The normalized spacial score (nSPS) is 9.96. The third-order valence-electron chi connectivity index (χ3n) is 3.27. The molecule has 2 aromatic rings. The van der Waals surface area contributed by atoms with E-state index in [4.69, 9.17) is 44.9 Å². The van der Waals surface area contributed by atoms with Crippen molar-refractivity contribution in [2.24, 2.45) is 0 Å². The summed E-state index contributed by atoms with van der Waals surface area (Å²) >= 11 is 16.7. The van der Waals surface area contributed by atoms with Gasteiger partial charge in [-0.1, -0.05) is 41.4 Å². The number of hydrogen-bond acceptors (Lipinski definition) is 5. The van der Waals surface area contributed by atoms with Gasteiger partial charge in [0, 0.05) is 5.02 Å². The van der Waals surface area contributed by atoms with Gasteiger partial charge in [-0.3, -0.25) is 25.8 Å². The number of nitrogens with one attached hydrogen (secondary N) is 3. The Labute approximate surface area is 177 Å². The lowest BCUT2D eigenvalue weighted by molar-refractivity contribution is -0.124. The van der Waals surface area contributed by atoms with Gasteiger partial charge < -0.3 is 9.47 Å². The molecule has 0 aliphatic heterocycles. The van der Waals surface area contributed by atoms with E-state index in [2.05, 4.69) is 16.2 Å². The van der Waals surface area contributed by atoms with Gasteiger partial charge in [0.05, 0.1) is 5.02 Å². The Morgan fingerprint density at radius 1 is 0.964 bits per heavy atom. The largest absolute Gasteiger partial charge is 0.483 e. The van der Waals surface area contributed by atoms with Crippen molar-refractivity contribution >= 4 is 52.3 Å². The molecule has 0 aliphatic rings. The number of hydrogen-bond donors (Lipinski definition) is 3. The van der Waals surface area contributed by atoms with Crippen LogP contribution in [0.15, 0.2) is 42.5 Å². The van der Waals surface area contributed by atoms with E-state index in [1.165, 1.54) is 6.07 Å². The first-order valence-corrected chi connectivity index (χ1v) is 9.16. The smallest absolute Gasteiger partial charge is 0.276 e. The van der Waals surface area contributed by atoms with Crippen molar-refractivity contribution in [2.75, 3.05) is 13.2 Å². The van der Waals surface area contributed by atoms with Crippen LogP contribution < -0.4 is 25.6 Å². The monoisotopic (exact) mass is 441 g/mol. The van der Waals surface area contributed by atoms with Gasteiger partial charge in [0.15, 0.2) is 18.3 Å². The first-order valence-electron chi connectivity index (χ1n) is 8.00. The summed E-state index contributed by atoms with van der Waals surface area (Å²) in [6, 6.07) is 11.9. The Hall–Kier alpha value is -2.55. The van der Waals surface area contributed by atoms with Crippen LogP contribution in [-0.2, 0) is 9.59 Å². The standard InChI is InChI=1S/C18H17Cl2N3O4S/c1-11-4-2-3-5-14(11)26-10-17(25)22-23-18(28)21-16(24)9-27-15-7-6-12(19)8-13(15)20/h2-8H,9-10H2,1H3,(H,22,25)(H2,21,23,24,28). The first kappa shape index (κ1) is 21.7. The van der Waals surface area contributed by atoms with E-state index in [-0.39, 0.29) is 23.3 Å². The fourth-order valence-electron chi connectivity index (χ4n) is 1.95. The molecule has 28 heavy (non-hydrogen) atoms. The van der Waals surface area contributed by atoms with E-state index >= 15 is 0 Å². The van der Waals surface area contributed by atoms with Crippen LogP contribution in [0.5, 0.6) is 11.5 Å². The Balaban J connectivity index is 1.67. The average Bonchev–Trinajstić information content (AvgIpc) is 2.65. The van der Waals surface area contributed by atoms with Crippen molar-refractivity contribution < 1.29 is 19.1 Å². The van der Waals surface area contributed by atoms with Crippen molar-refractivity contribution in [1.82, 2.24) is 16.2 Å². The lowest BCUT2D eigenvalue weighted by Crippen LogP contribution is -2.50. The summed E-state index contributed by atoms with van der Waals surface area (Å²) in [5, 5.41) is 2.99. The van der Waals surface area contributed by atoms with Crippen molar-refractivity contribution in [3.05, 3.63) is 58.1 Å². The zero-order chi connectivity index (χ0) is 20.5. The third-order valence-corrected chi connectivity index (χ3v) is 4.01. The first-order chi connectivity index (χ1) is 13.3. The number of carbonyl (C=O) groups excluding carboxylic acids is 2. The van der Waals surface area contributed by atoms with Crippen LogP contribution in [0.25, 0.3) is 0 Å². The minimum absolute atomic E-state index is 0.0972. The predicted octanol–water partition coefficient (Wildman–Crippen LogP) is 2.78. The van der Waals surface area contributed by atoms with Gasteiger partial charge in [-0.2, -0.15) is 0 Å². The summed E-state index contributed by atoms with van der Waals surface area (Å²) in [6.45, 7) is 1.33. The van der Waals surface area contributed by atoms with Crippen LogP contribution in [0, 0.1) is 6.92 Å². The molecule has 10 heteroatoms. The minimum atomic E-state index is -0.533. The van der Waals surface area contributed by atoms with Gasteiger partial charge in [0.2, 0.25) is 0 Å². The Morgan fingerprint density at radius 2 is 1.64 bits per heavy atom. The quantitative estimate of drug-likeness (QED) is 0.471. The fraction of sp³-hybridized carbons (Fsp3) is 0.167. The zero-order valence-electron chi connectivity index (χ0n) is 14.8. The van der Waals surface area contributed by atoms with E-state index in [1.807, 2.05) is 25.1 Å². The second kappa shape index (κ2) is 10.7. The molecule has 0 atom stereocenters. The molecule has 0 saturated carbocycles. The van der Waals surface area contributed by atoms with Gasteiger partial charge in [-0.15, -0.1) is 0 Å². The number of carbonyl (C=O) groups is 2. The molecule has 2 amide bonds. The number of thiocarbonyl (C=S) groups is 1. The molecular formula is C18H17Cl2N3O4S. The van der Waals surface area contributed by atoms with E-state index in [0.29, 0.717) is 16.5 Å². The molecular weight excluding hydrogens is 425 g/mol. The van der Waals surface area contributed by atoms with Crippen LogP contribution >= 0.6 is 35.4 Å². The molecule has 0 heterocycles. The lowest BCUT2D eigenvalue weighted by Gasteiger charge is -2.12. The van der Waals surface area contributed by atoms with Crippen LogP contribution in [0.3, 0.4) is 0 Å². The SMILES string of the molecule is Cc1ccccc1OCC(=O)NNC(=S)NC(=O)COc1ccc(Cl)cc1Cl. The molecule has 0 radical (unpaired) electrons. The van der Waals surface area contributed by atoms with Crippen molar-refractivity contribution in [3.8, 4) is 11.5 Å². The number of halogens is 2. The van der Waals surface area contributed by atoms with Crippen LogP contribution in [0.2, 0.25) is 10.0 Å². The van der Waals surface area contributed by atoms with Gasteiger partial charge in [-0.05, 0) is 49.0 Å². The Kier molecular flexibility index (Phi) is 8.31. The highest BCUT2D eigenvalue weighted by Gasteiger charge is 2.09. The highest BCUT2D eigenvalue weighted by Crippen LogP contribution is 2.27. The summed E-state index contributed by atoms with van der Waals surface area (Å²) in [5.74, 6) is -0.0914. The van der Waals surface area contributed by atoms with E-state index in [0.717, 1.165) is 5.56 Å². The van der Waals surface area contributed by atoms with E-state index in [9.17, 15) is 9.59 Å². The molecule has 0 aromatic heterocycles. The number of aryl methyl sites for hydroxylation is 1. The highest BCUT2D eigenvalue weighted by atomic mass is 35.5. The summed E-state index contributed by atoms with van der Waals surface area (Å²) in [5.41, 5.74) is 5.63. The van der Waals surface area contributed by atoms with E-state index in [1.54, 1.807) is 18.2 Å². The molecule has 0 spiro atoms. The summed E-state index contributed by atoms with van der Waals surface area (Å²) < 4.78 is 10.7. The molecule has 0 saturated heterocycles. The highest BCUT2D eigenvalue weighted by molar-refractivity contribution is 7.80. The van der Waals surface area contributed by atoms with Crippen molar-refractivity contribution in [3.63, 3.8) is 0 Å². The average molecular weight is 442 g/mol. The predicted molar refractivity (Wildman–Crippen MR) is 111 cm³/mol. The number of benzene rings is 2. The number of rotatable bonds is 6. The van der Waals surface area contributed by atoms with E-state index < -0.39 is 11.8 Å². The topological polar surface area (TPSA) is 88.7 Å².